The number of hydrogen-bond acceptors (Lipinski definition) is 4. The van der Waals surface area contributed by atoms with E-state index in [2.05, 4.69) is 4.98 Å². The van der Waals surface area contributed by atoms with Crippen molar-refractivity contribution in [1.82, 2.24) is 19.0 Å². The van der Waals surface area contributed by atoms with Crippen LogP contribution < -0.4 is 11.2 Å². The Morgan fingerprint density at radius 3 is 2.45 bits per heavy atom. The van der Waals surface area contributed by atoms with Crippen LogP contribution in [0.5, 0.6) is 0 Å². The zero-order chi connectivity index (χ0) is 21.3. The van der Waals surface area contributed by atoms with Gasteiger partial charge in [0.05, 0.1) is 17.5 Å². The van der Waals surface area contributed by atoms with Gasteiger partial charge in [0.15, 0.2) is 0 Å². The Morgan fingerprint density at radius 2 is 1.83 bits per heavy atom. The van der Waals surface area contributed by atoms with Crippen molar-refractivity contribution in [3.63, 3.8) is 0 Å². The van der Waals surface area contributed by atoms with Gasteiger partial charge in [-0.1, -0.05) is 18.2 Å². The molecular weight excluding hydrogens is 375 g/mol. The molecule has 0 bridgehead atoms. The molecule has 0 spiro atoms. The zero-order valence-corrected chi connectivity index (χ0v) is 16.9. The molecule has 7 nitrogen and oxygen atoms in total. The molecular formula is C21H23FN4O3. The number of amides is 1. The third-order valence-corrected chi connectivity index (χ3v) is 4.99. The molecule has 2 heterocycles. The molecule has 0 N–H and O–H groups in total. The Balaban J connectivity index is 2.34. The first-order valence-electron chi connectivity index (χ1n) is 9.43. The van der Waals surface area contributed by atoms with Crippen LogP contribution in [0.3, 0.4) is 0 Å². The van der Waals surface area contributed by atoms with Crippen LogP contribution in [0.4, 0.5) is 4.39 Å². The number of rotatable bonds is 5. The van der Waals surface area contributed by atoms with Crippen LogP contribution in [0, 0.1) is 12.7 Å². The number of aryl methyl sites for hydroxylation is 2. The van der Waals surface area contributed by atoms with E-state index in [1.807, 2.05) is 13.8 Å². The van der Waals surface area contributed by atoms with E-state index in [1.165, 1.54) is 29.8 Å². The van der Waals surface area contributed by atoms with Gasteiger partial charge in [-0.2, -0.15) is 0 Å². The number of pyridine rings is 1. The van der Waals surface area contributed by atoms with Gasteiger partial charge in [-0.3, -0.25) is 18.7 Å². The largest absolute Gasteiger partial charge is 0.339 e. The van der Waals surface area contributed by atoms with Gasteiger partial charge in [0.1, 0.15) is 11.5 Å². The topological polar surface area (TPSA) is 77.2 Å². The van der Waals surface area contributed by atoms with Gasteiger partial charge < -0.3 is 4.90 Å². The minimum atomic E-state index is -0.658. The molecule has 3 aromatic rings. The first-order chi connectivity index (χ1) is 13.8. The van der Waals surface area contributed by atoms with Crippen LogP contribution in [0.25, 0.3) is 11.0 Å². The average molecular weight is 398 g/mol. The van der Waals surface area contributed by atoms with Crippen molar-refractivity contribution >= 4 is 16.9 Å². The van der Waals surface area contributed by atoms with Crippen molar-refractivity contribution < 1.29 is 9.18 Å². The van der Waals surface area contributed by atoms with Gasteiger partial charge in [0, 0.05) is 31.4 Å². The quantitative estimate of drug-likeness (QED) is 0.659. The van der Waals surface area contributed by atoms with E-state index in [1.54, 1.807) is 24.0 Å². The fourth-order valence-corrected chi connectivity index (χ4v) is 3.39. The maximum atomic E-state index is 14.1. The highest BCUT2D eigenvalue weighted by atomic mass is 19.1. The average Bonchev–Trinajstić information content (AvgIpc) is 2.71. The van der Waals surface area contributed by atoms with Crippen LogP contribution in [0.2, 0.25) is 0 Å². The van der Waals surface area contributed by atoms with E-state index in [0.29, 0.717) is 18.8 Å². The van der Waals surface area contributed by atoms with Crippen molar-refractivity contribution in [2.75, 3.05) is 13.1 Å². The second-order valence-electron chi connectivity index (χ2n) is 6.81. The molecule has 1 amide bonds. The van der Waals surface area contributed by atoms with E-state index in [9.17, 15) is 18.8 Å². The van der Waals surface area contributed by atoms with Crippen molar-refractivity contribution in [3.05, 3.63) is 73.8 Å². The molecule has 152 valence electrons. The maximum Gasteiger partial charge on any atom is 0.332 e. The summed E-state index contributed by atoms with van der Waals surface area (Å²) in [5.41, 5.74) is -0.212. The second kappa shape index (κ2) is 7.98. The molecule has 0 aliphatic carbocycles. The summed E-state index contributed by atoms with van der Waals surface area (Å²) in [4.78, 5) is 45.1. The second-order valence-corrected chi connectivity index (χ2v) is 6.81. The van der Waals surface area contributed by atoms with Crippen molar-refractivity contribution in [2.24, 2.45) is 7.05 Å². The Morgan fingerprint density at radius 1 is 1.17 bits per heavy atom. The standard InChI is InChI=1S/C21H23FN4O3/c1-5-25(6-2)19(27)15-11-13(3)23-18-17(15)20(28)26(21(29)24(18)4)12-14-9-7-8-10-16(14)22/h7-11H,5-6,12H2,1-4H3. The molecule has 8 heteroatoms. The minimum absolute atomic E-state index is 0.0611. The summed E-state index contributed by atoms with van der Waals surface area (Å²) >= 11 is 0. The van der Waals surface area contributed by atoms with Gasteiger partial charge in [-0.15, -0.1) is 0 Å². The van der Waals surface area contributed by atoms with Gasteiger partial charge in [0.25, 0.3) is 11.5 Å². The van der Waals surface area contributed by atoms with E-state index < -0.39 is 17.1 Å². The summed E-state index contributed by atoms with van der Waals surface area (Å²) in [6, 6.07) is 7.51. The van der Waals surface area contributed by atoms with Gasteiger partial charge in [-0.25, -0.2) is 14.2 Å². The predicted molar refractivity (Wildman–Crippen MR) is 109 cm³/mol. The molecule has 0 saturated heterocycles. The molecule has 0 aliphatic heterocycles. The predicted octanol–water partition coefficient (Wildman–Crippen LogP) is 2.07. The molecule has 0 radical (unpaired) electrons. The van der Waals surface area contributed by atoms with Crippen LogP contribution in [0.1, 0.15) is 35.5 Å². The van der Waals surface area contributed by atoms with E-state index >= 15 is 0 Å². The number of nitrogens with zero attached hydrogens (tertiary/aromatic N) is 4. The lowest BCUT2D eigenvalue weighted by molar-refractivity contribution is 0.0774. The number of fused-ring (bicyclic) bond motifs is 1. The first-order valence-corrected chi connectivity index (χ1v) is 9.43. The summed E-state index contributed by atoms with van der Waals surface area (Å²) in [6.07, 6.45) is 0. The third-order valence-electron chi connectivity index (χ3n) is 4.99. The fraction of sp³-hybridized carbons (Fsp3) is 0.333. The Bertz CT molecular complexity index is 1210. The molecule has 0 aliphatic rings. The van der Waals surface area contributed by atoms with Crippen LogP contribution in [-0.4, -0.2) is 38.0 Å². The lowest BCUT2D eigenvalue weighted by Gasteiger charge is -2.20. The number of hydrogen-bond donors (Lipinski definition) is 0. The number of benzene rings is 1. The highest BCUT2D eigenvalue weighted by Crippen LogP contribution is 2.16. The highest BCUT2D eigenvalue weighted by Gasteiger charge is 2.23. The molecule has 0 unspecified atom stereocenters. The van der Waals surface area contributed by atoms with Crippen LogP contribution >= 0.6 is 0 Å². The van der Waals surface area contributed by atoms with E-state index in [-0.39, 0.29) is 34.6 Å². The van der Waals surface area contributed by atoms with E-state index in [0.717, 1.165) is 4.57 Å². The molecule has 1 aromatic carbocycles. The fourth-order valence-electron chi connectivity index (χ4n) is 3.39. The van der Waals surface area contributed by atoms with Crippen molar-refractivity contribution in [2.45, 2.75) is 27.3 Å². The molecule has 29 heavy (non-hydrogen) atoms. The summed E-state index contributed by atoms with van der Waals surface area (Å²) in [7, 11) is 1.49. The summed E-state index contributed by atoms with van der Waals surface area (Å²) in [6.45, 7) is 6.13. The lowest BCUT2D eigenvalue weighted by atomic mass is 10.1. The smallest absolute Gasteiger partial charge is 0.332 e. The van der Waals surface area contributed by atoms with Gasteiger partial charge in [0.2, 0.25) is 0 Å². The van der Waals surface area contributed by atoms with Crippen LogP contribution in [0.15, 0.2) is 39.9 Å². The number of aromatic nitrogens is 3. The monoisotopic (exact) mass is 398 g/mol. The summed E-state index contributed by atoms with van der Waals surface area (Å²) in [5, 5.41) is 0.0611. The highest BCUT2D eigenvalue weighted by molar-refractivity contribution is 6.05. The van der Waals surface area contributed by atoms with Crippen molar-refractivity contribution in [3.8, 4) is 0 Å². The maximum absolute atomic E-state index is 14.1. The molecule has 0 saturated carbocycles. The molecule has 3 rings (SSSR count). The third kappa shape index (κ3) is 3.57. The van der Waals surface area contributed by atoms with Crippen molar-refractivity contribution in [1.29, 1.82) is 0 Å². The summed E-state index contributed by atoms with van der Waals surface area (Å²) < 4.78 is 16.3. The van der Waals surface area contributed by atoms with E-state index in [4.69, 9.17) is 0 Å². The SMILES string of the molecule is CCN(CC)C(=O)c1cc(C)nc2c1c(=O)n(Cc1ccccc1F)c(=O)n2C. The summed E-state index contributed by atoms with van der Waals surface area (Å²) in [5.74, 6) is -0.818. The zero-order valence-electron chi connectivity index (χ0n) is 16.9. The van der Waals surface area contributed by atoms with Gasteiger partial charge >= 0.3 is 5.69 Å². The number of carbonyl (C=O) groups is 1. The number of carbonyl (C=O) groups excluding carboxylic acids is 1. The normalized spacial score (nSPS) is 11.1. The Kier molecular flexibility index (Phi) is 5.63. The lowest BCUT2D eigenvalue weighted by Crippen LogP contribution is -2.41. The molecule has 0 atom stereocenters. The first kappa shape index (κ1) is 20.4. The van der Waals surface area contributed by atoms with Gasteiger partial charge in [-0.05, 0) is 32.9 Å². The van der Waals surface area contributed by atoms with Crippen LogP contribution in [-0.2, 0) is 13.6 Å². The number of halogens is 1. The molecule has 2 aromatic heterocycles. The minimum Gasteiger partial charge on any atom is -0.339 e. The Hall–Kier alpha value is -3.29. The Labute approximate surface area is 167 Å². The molecule has 0 fully saturated rings.